The number of amides is 2. The number of carbonyl (C=O) groups is 1. The van der Waals surface area contributed by atoms with E-state index in [4.69, 9.17) is 5.26 Å². The molecule has 6 aromatic rings. The highest BCUT2D eigenvalue weighted by Gasteiger charge is 2.16. The third kappa shape index (κ3) is 7.66. The minimum Gasteiger partial charge on any atom is -0.506 e. The molecule has 0 saturated carbocycles. The number of fused-ring (bicyclic) bond motifs is 2. The molecular weight excluding hydrogens is 669 g/mol. The van der Waals surface area contributed by atoms with E-state index in [0.29, 0.717) is 50.3 Å². The number of nitrogens with zero attached hydrogens (tertiary/aromatic N) is 4. The number of hydrogen-bond acceptors (Lipinski definition) is 11. The Kier molecular flexibility index (Phi) is 10.3. The molecule has 13 heteroatoms. The molecule has 6 rings (SSSR count). The normalized spacial score (nSPS) is 11.6. The monoisotopic (exact) mass is 702 g/mol. The second-order valence-corrected chi connectivity index (χ2v) is 12.8. The maximum Gasteiger partial charge on any atom is 0.323 e. The molecule has 51 heavy (non-hydrogen) atoms. The molecule has 0 saturated heterocycles. The third-order valence-corrected chi connectivity index (χ3v) is 9.05. The SMILES string of the molecule is Cc1ccc2c(O)c(N=Nc3cc(C)c(NC(=O)Nc4ccc(N=Nc5ccc6c(C)cccc6c5C)c(C)c4)cc3O)c(SOOO)cc2c1. The highest BCUT2D eigenvalue weighted by atomic mass is 32.2. The summed E-state index contributed by atoms with van der Waals surface area (Å²) in [6.07, 6.45) is 0. The molecule has 0 radical (unpaired) electrons. The number of azo groups is 2. The van der Waals surface area contributed by atoms with Gasteiger partial charge in [-0.05, 0) is 109 Å². The van der Waals surface area contributed by atoms with Crippen LogP contribution in [0, 0.1) is 34.6 Å². The van der Waals surface area contributed by atoms with Gasteiger partial charge in [0.2, 0.25) is 0 Å². The molecule has 0 fully saturated rings. The third-order valence-electron chi connectivity index (χ3n) is 8.43. The van der Waals surface area contributed by atoms with Crippen LogP contribution in [-0.4, -0.2) is 21.5 Å². The number of anilines is 2. The number of urea groups is 1. The zero-order valence-corrected chi connectivity index (χ0v) is 29.2. The van der Waals surface area contributed by atoms with Crippen molar-refractivity contribution in [3.05, 3.63) is 113 Å². The predicted octanol–water partition coefficient (Wildman–Crippen LogP) is 11.8. The second-order valence-electron chi connectivity index (χ2n) is 12.0. The van der Waals surface area contributed by atoms with Gasteiger partial charge < -0.3 is 20.8 Å². The van der Waals surface area contributed by atoms with Crippen molar-refractivity contribution in [2.75, 3.05) is 10.6 Å². The lowest BCUT2D eigenvalue weighted by molar-refractivity contribution is -0.432. The van der Waals surface area contributed by atoms with Gasteiger partial charge in [-0.3, -0.25) is 0 Å². The average Bonchev–Trinajstić information content (AvgIpc) is 3.09. The summed E-state index contributed by atoms with van der Waals surface area (Å²) in [4.78, 5) is 13.3. The zero-order chi connectivity index (χ0) is 36.2. The fourth-order valence-corrected chi connectivity index (χ4v) is 6.18. The number of carbonyl (C=O) groups excluding carboxylic acids is 1. The number of phenols is 2. The van der Waals surface area contributed by atoms with Gasteiger partial charge in [-0.25, -0.2) is 10.1 Å². The molecule has 5 N–H and O–H groups in total. The first-order chi connectivity index (χ1) is 24.5. The number of hydrogen-bond donors (Lipinski definition) is 5. The molecule has 0 spiro atoms. The first-order valence-electron chi connectivity index (χ1n) is 15.8. The van der Waals surface area contributed by atoms with E-state index in [0.717, 1.165) is 27.8 Å². The fourth-order valence-electron chi connectivity index (χ4n) is 5.68. The van der Waals surface area contributed by atoms with Crippen LogP contribution in [0.25, 0.3) is 21.5 Å². The number of benzene rings is 6. The highest BCUT2D eigenvalue weighted by Crippen LogP contribution is 2.45. The van der Waals surface area contributed by atoms with E-state index >= 15 is 0 Å². The number of rotatable bonds is 9. The standard InChI is InChI=1S/C38H34N6O6S/c1-20-9-11-29-25(15-20)18-35(51-50-49-48)36(37(29)46)44-43-33-17-23(4)32(19-34(33)45)40-38(47)39-26-10-13-30(22(3)16-26)41-42-31-14-12-27-21(2)7-6-8-28(27)24(31)5/h6-19,45-46,48H,1-5H3,(H2,39,40,47). The van der Waals surface area contributed by atoms with Crippen molar-refractivity contribution < 1.29 is 29.6 Å². The van der Waals surface area contributed by atoms with Crippen molar-refractivity contribution in [1.82, 2.24) is 0 Å². The molecule has 2 amide bonds. The Labute approximate surface area is 297 Å². The predicted molar refractivity (Wildman–Crippen MR) is 199 cm³/mol. The minimum atomic E-state index is -0.521. The molecule has 258 valence electrons. The maximum absolute atomic E-state index is 12.9. The molecule has 0 aromatic heterocycles. The van der Waals surface area contributed by atoms with Crippen molar-refractivity contribution >= 4 is 73.7 Å². The Bertz CT molecular complexity index is 2380. The highest BCUT2D eigenvalue weighted by molar-refractivity contribution is 7.94. The number of nitrogens with one attached hydrogen (secondary N) is 2. The quantitative estimate of drug-likeness (QED) is 0.0432. The number of aromatic hydroxyl groups is 2. The molecule has 0 aliphatic heterocycles. The molecule has 6 aromatic carbocycles. The van der Waals surface area contributed by atoms with Crippen molar-refractivity contribution in [3.63, 3.8) is 0 Å². The van der Waals surface area contributed by atoms with Crippen molar-refractivity contribution in [2.45, 2.75) is 39.5 Å². The summed E-state index contributed by atoms with van der Waals surface area (Å²) in [7, 11) is 0. The van der Waals surface area contributed by atoms with Gasteiger partial charge in [-0.2, -0.15) is 10.2 Å². The zero-order valence-electron chi connectivity index (χ0n) is 28.3. The fraction of sp³-hybridized carbons (Fsp3) is 0.132. The molecule has 0 heterocycles. The van der Waals surface area contributed by atoms with E-state index in [2.05, 4.69) is 65.6 Å². The van der Waals surface area contributed by atoms with E-state index in [1.165, 1.54) is 17.0 Å². The van der Waals surface area contributed by atoms with E-state index in [-0.39, 0.29) is 22.9 Å². The van der Waals surface area contributed by atoms with Crippen molar-refractivity contribution in [1.29, 1.82) is 0 Å². The van der Waals surface area contributed by atoms with Crippen LogP contribution in [-0.2, 0) is 9.37 Å². The Morgan fingerprint density at radius 2 is 1.43 bits per heavy atom. The average molecular weight is 703 g/mol. The van der Waals surface area contributed by atoms with Gasteiger partial charge in [-0.1, -0.05) is 53.1 Å². The Balaban J connectivity index is 1.15. The van der Waals surface area contributed by atoms with E-state index in [9.17, 15) is 15.0 Å². The van der Waals surface area contributed by atoms with Crippen LogP contribution < -0.4 is 10.6 Å². The Hall–Kier alpha value is -5.86. The molecule has 0 atom stereocenters. The summed E-state index contributed by atoms with van der Waals surface area (Å²) in [5.74, 6) is -0.435. The molecule has 0 aliphatic carbocycles. The van der Waals surface area contributed by atoms with Crippen LogP contribution in [0.5, 0.6) is 11.5 Å². The van der Waals surface area contributed by atoms with Gasteiger partial charge in [0.05, 0.1) is 28.3 Å². The van der Waals surface area contributed by atoms with E-state index < -0.39 is 6.03 Å². The topological polar surface area (TPSA) is 170 Å². The number of aryl methyl sites for hydroxylation is 5. The van der Waals surface area contributed by atoms with Gasteiger partial charge in [0, 0.05) is 22.8 Å². The van der Waals surface area contributed by atoms with E-state index in [1.54, 1.807) is 43.3 Å². The lowest BCUT2D eigenvalue weighted by Crippen LogP contribution is -2.20. The molecular formula is C38H34N6O6S. The second kappa shape index (κ2) is 14.9. The van der Waals surface area contributed by atoms with Crippen molar-refractivity contribution in [2.24, 2.45) is 20.5 Å². The Morgan fingerprint density at radius 3 is 2.22 bits per heavy atom. The lowest BCUT2D eigenvalue weighted by atomic mass is 10.0. The maximum atomic E-state index is 12.9. The smallest absolute Gasteiger partial charge is 0.323 e. The summed E-state index contributed by atoms with van der Waals surface area (Å²) in [5.41, 5.74) is 7.12. The summed E-state index contributed by atoms with van der Waals surface area (Å²) in [6.45, 7) is 9.66. The molecule has 0 unspecified atom stereocenters. The molecule has 12 nitrogen and oxygen atoms in total. The first kappa shape index (κ1) is 35.0. The van der Waals surface area contributed by atoms with Crippen LogP contribution in [0.3, 0.4) is 0 Å². The number of phenolic OH excluding ortho intramolecular Hbond substituents is 2. The van der Waals surface area contributed by atoms with E-state index in [1.807, 2.05) is 45.0 Å². The van der Waals surface area contributed by atoms with Crippen LogP contribution in [0.1, 0.15) is 27.8 Å². The van der Waals surface area contributed by atoms with Gasteiger partial charge in [0.15, 0.2) is 5.75 Å². The van der Waals surface area contributed by atoms with Gasteiger partial charge in [0.1, 0.15) is 17.1 Å². The Morgan fingerprint density at radius 1 is 0.686 bits per heavy atom. The molecule has 0 bridgehead atoms. The largest absolute Gasteiger partial charge is 0.506 e. The minimum absolute atomic E-state index is 0.0358. The van der Waals surface area contributed by atoms with Crippen LogP contribution in [0.15, 0.2) is 110 Å². The van der Waals surface area contributed by atoms with Gasteiger partial charge in [0.25, 0.3) is 0 Å². The lowest BCUT2D eigenvalue weighted by Gasteiger charge is -2.12. The van der Waals surface area contributed by atoms with Crippen LogP contribution >= 0.6 is 12.0 Å². The van der Waals surface area contributed by atoms with Gasteiger partial charge in [-0.15, -0.1) is 14.6 Å². The summed E-state index contributed by atoms with van der Waals surface area (Å²) in [5, 5.41) is 60.6. The summed E-state index contributed by atoms with van der Waals surface area (Å²) >= 11 is 0.625. The first-order valence-corrected chi connectivity index (χ1v) is 16.5. The van der Waals surface area contributed by atoms with Crippen LogP contribution in [0.4, 0.5) is 38.9 Å². The summed E-state index contributed by atoms with van der Waals surface area (Å²) < 4.78 is 4.60. The van der Waals surface area contributed by atoms with Gasteiger partial charge >= 0.3 is 6.03 Å². The van der Waals surface area contributed by atoms with Crippen molar-refractivity contribution in [3.8, 4) is 11.5 Å². The summed E-state index contributed by atoms with van der Waals surface area (Å²) in [6, 6.07) is 25.1. The molecule has 0 aliphatic rings. The van der Waals surface area contributed by atoms with Crippen LogP contribution in [0.2, 0.25) is 0 Å².